The lowest BCUT2D eigenvalue weighted by atomic mass is 9.80. The highest BCUT2D eigenvalue weighted by molar-refractivity contribution is 8.00. The van der Waals surface area contributed by atoms with E-state index in [-0.39, 0.29) is 5.46 Å². The lowest BCUT2D eigenvalue weighted by Gasteiger charge is -2.04. The number of halogens is 1. The van der Waals surface area contributed by atoms with Gasteiger partial charge in [0.1, 0.15) is 10.2 Å². The summed E-state index contributed by atoms with van der Waals surface area (Å²) in [5, 5.41) is 19.8. The van der Waals surface area contributed by atoms with Crippen LogP contribution in [0.25, 0.3) is 0 Å². The van der Waals surface area contributed by atoms with Crippen LogP contribution in [-0.4, -0.2) is 22.2 Å². The van der Waals surface area contributed by atoms with E-state index in [1.54, 1.807) is 6.07 Å². The molecule has 0 aliphatic rings. The van der Waals surface area contributed by atoms with Crippen LogP contribution in [0.1, 0.15) is 11.3 Å². The first-order valence-corrected chi connectivity index (χ1v) is 7.12. The Morgan fingerprint density at radius 3 is 2.78 bits per heavy atom. The Kier molecular flexibility index (Phi) is 4.39. The maximum absolute atomic E-state index is 13.7. The van der Waals surface area contributed by atoms with Crippen molar-refractivity contribution in [2.24, 2.45) is 0 Å². The topological polar surface area (TPSA) is 53.4 Å². The maximum Gasteiger partial charge on any atom is 0.488 e. The molecule has 0 saturated carbocycles. The molecule has 0 bridgehead atoms. The molecular formula is C11H11BFNO2S2. The number of benzene rings is 1. The van der Waals surface area contributed by atoms with Crippen molar-refractivity contribution in [3.8, 4) is 0 Å². The summed E-state index contributed by atoms with van der Waals surface area (Å²) < 4.78 is 14.6. The van der Waals surface area contributed by atoms with Gasteiger partial charge in [-0.05, 0) is 24.0 Å². The van der Waals surface area contributed by atoms with Crippen LogP contribution in [0.2, 0.25) is 0 Å². The van der Waals surface area contributed by atoms with E-state index < -0.39 is 12.9 Å². The van der Waals surface area contributed by atoms with Crippen LogP contribution >= 0.6 is 23.1 Å². The lowest BCUT2D eigenvalue weighted by molar-refractivity contribution is 0.425. The third-order valence-electron chi connectivity index (χ3n) is 2.32. The second-order valence-electron chi connectivity index (χ2n) is 3.77. The van der Waals surface area contributed by atoms with E-state index in [9.17, 15) is 4.39 Å². The number of hydrogen-bond acceptors (Lipinski definition) is 5. The van der Waals surface area contributed by atoms with Crippen molar-refractivity contribution in [1.29, 1.82) is 0 Å². The molecule has 0 amide bonds. The van der Waals surface area contributed by atoms with Crippen molar-refractivity contribution < 1.29 is 14.4 Å². The molecule has 0 radical (unpaired) electrons. The number of thioether (sulfide) groups is 1. The van der Waals surface area contributed by atoms with E-state index in [0.717, 1.165) is 16.1 Å². The molecule has 2 rings (SSSR count). The predicted molar refractivity (Wildman–Crippen MR) is 72.6 cm³/mol. The average Bonchev–Trinajstić information content (AvgIpc) is 2.73. The minimum absolute atomic E-state index is 0.159. The molecule has 0 aliphatic heterocycles. The molecule has 2 aromatic rings. The molecular weight excluding hydrogens is 272 g/mol. The van der Waals surface area contributed by atoms with Crippen molar-refractivity contribution >= 4 is 35.7 Å². The molecule has 0 saturated heterocycles. The maximum atomic E-state index is 13.7. The molecule has 0 fully saturated rings. The van der Waals surface area contributed by atoms with Crippen molar-refractivity contribution in [2.45, 2.75) is 17.0 Å². The summed E-state index contributed by atoms with van der Waals surface area (Å²) in [6.07, 6.45) is 0. The van der Waals surface area contributed by atoms with E-state index in [1.807, 2.05) is 12.3 Å². The summed E-state index contributed by atoms with van der Waals surface area (Å²) in [6.45, 7) is 1.92. The molecule has 1 aromatic heterocycles. The summed E-state index contributed by atoms with van der Waals surface area (Å²) in [7, 11) is -1.64. The summed E-state index contributed by atoms with van der Waals surface area (Å²) >= 11 is 3.00. The molecule has 2 N–H and O–H groups in total. The Hall–Kier alpha value is -0.885. The Labute approximate surface area is 113 Å². The molecule has 18 heavy (non-hydrogen) atoms. The van der Waals surface area contributed by atoms with Crippen LogP contribution < -0.4 is 5.46 Å². The first-order valence-electron chi connectivity index (χ1n) is 5.25. The molecule has 94 valence electrons. The zero-order chi connectivity index (χ0) is 13.1. The Balaban J connectivity index is 2.05. The zero-order valence-corrected chi connectivity index (χ0v) is 11.3. The monoisotopic (exact) mass is 283 g/mol. The number of aryl methyl sites for hydroxylation is 1. The van der Waals surface area contributed by atoms with E-state index in [2.05, 4.69) is 4.98 Å². The van der Waals surface area contributed by atoms with Gasteiger partial charge in [-0.25, -0.2) is 9.37 Å². The predicted octanol–water partition coefficient (Wildman–Crippen LogP) is 1.56. The van der Waals surface area contributed by atoms with Gasteiger partial charge in [0.05, 0.1) is 0 Å². The number of hydrogen-bond donors (Lipinski definition) is 2. The number of nitrogens with zero attached hydrogens (tertiary/aromatic N) is 1. The highest BCUT2D eigenvalue weighted by atomic mass is 32.2. The van der Waals surface area contributed by atoms with Gasteiger partial charge in [0, 0.05) is 16.8 Å². The fourth-order valence-electron chi connectivity index (χ4n) is 1.38. The smallest absolute Gasteiger partial charge is 0.423 e. The van der Waals surface area contributed by atoms with Gasteiger partial charge in [-0.15, -0.1) is 11.3 Å². The van der Waals surface area contributed by atoms with E-state index in [0.29, 0.717) is 11.3 Å². The van der Waals surface area contributed by atoms with Crippen LogP contribution in [0.5, 0.6) is 0 Å². The third kappa shape index (κ3) is 3.32. The number of thiazole rings is 1. The van der Waals surface area contributed by atoms with Crippen LogP contribution in [0, 0.1) is 12.7 Å². The van der Waals surface area contributed by atoms with E-state index in [4.69, 9.17) is 10.0 Å². The van der Waals surface area contributed by atoms with Crippen LogP contribution in [0.4, 0.5) is 4.39 Å². The minimum Gasteiger partial charge on any atom is -0.423 e. The first kappa shape index (κ1) is 13.5. The van der Waals surface area contributed by atoms with Crippen molar-refractivity contribution in [3.05, 3.63) is 40.7 Å². The standard InChI is InChI=1S/C11H11BFNO2S2/c1-7-5-17-11(14-7)18-6-8-2-3-9(12(15)16)4-10(8)13/h2-5,15-16H,6H2,1H3. The molecule has 0 unspecified atom stereocenters. The van der Waals surface area contributed by atoms with Gasteiger partial charge in [0.2, 0.25) is 0 Å². The van der Waals surface area contributed by atoms with Crippen LogP contribution in [-0.2, 0) is 5.75 Å². The molecule has 1 aromatic carbocycles. The van der Waals surface area contributed by atoms with Gasteiger partial charge in [0.25, 0.3) is 0 Å². The van der Waals surface area contributed by atoms with Gasteiger partial charge in [-0.1, -0.05) is 23.9 Å². The highest BCUT2D eigenvalue weighted by Gasteiger charge is 2.13. The summed E-state index contributed by atoms with van der Waals surface area (Å²) in [5.74, 6) is 0.0435. The molecule has 0 spiro atoms. The largest absolute Gasteiger partial charge is 0.488 e. The molecule has 0 atom stereocenters. The summed E-state index contributed by atoms with van der Waals surface area (Å²) in [4.78, 5) is 4.28. The fraction of sp³-hybridized carbons (Fsp3) is 0.182. The van der Waals surface area contributed by atoms with Crippen molar-refractivity contribution in [2.75, 3.05) is 0 Å². The molecule has 3 nitrogen and oxygen atoms in total. The lowest BCUT2D eigenvalue weighted by Crippen LogP contribution is -2.30. The van der Waals surface area contributed by atoms with Gasteiger partial charge in [-0.3, -0.25) is 0 Å². The fourth-order valence-corrected chi connectivity index (χ4v) is 3.22. The van der Waals surface area contributed by atoms with E-state index >= 15 is 0 Å². The zero-order valence-electron chi connectivity index (χ0n) is 9.63. The summed E-state index contributed by atoms with van der Waals surface area (Å²) in [6, 6.07) is 4.22. The van der Waals surface area contributed by atoms with Crippen LogP contribution in [0.3, 0.4) is 0 Å². The quantitative estimate of drug-likeness (QED) is 0.660. The van der Waals surface area contributed by atoms with Gasteiger partial charge >= 0.3 is 7.12 Å². The van der Waals surface area contributed by atoms with Crippen LogP contribution in [0.15, 0.2) is 27.9 Å². The summed E-state index contributed by atoms with van der Waals surface area (Å²) in [5.41, 5.74) is 1.64. The first-order chi connectivity index (χ1) is 8.56. The number of aromatic nitrogens is 1. The average molecular weight is 283 g/mol. The van der Waals surface area contributed by atoms with Gasteiger partial charge < -0.3 is 10.0 Å². The Morgan fingerprint density at radius 1 is 1.44 bits per heavy atom. The second-order valence-corrected chi connectivity index (χ2v) is 5.85. The third-order valence-corrected chi connectivity index (χ3v) is 4.51. The van der Waals surface area contributed by atoms with Gasteiger partial charge in [-0.2, -0.15) is 0 Å². The SMILES string of the molecule is Cc1csc(SCc2ccc(B(O)O)cc2F)n1. The normalized spacial score (nSPS) is 10.7. The Morgan fingerprint density at radius 2 is 2.22 bits per heavy atom. The van der Waals surface area contributed by atoms with Crippen molar-refractivity contribution in [3.63, 3.8) is 0 Å². The Bertz CT molecular complexity index is 548. The second kappa shape index (κ2) is 5.84. The molecule has 0 aliphatic carbocycles. The highest BCUT2D eigenvalue weighted by Crippen LogP contribution is 2.26. The van der Waals surface area contributed by atoms with E-state index in [1.165, 1.54) is 29.2 Å². The molecule has 1 heterocycles. The number of rotatable bonds is 4. The van der Waals surface area contributed by atoms with Gasteiger partial charge in [0.15, 0.2) is 0 Å². The minimum atomic E-state index is -1.64. The van der Waals surface area contributed by atoms with Crippen molar-refractivity contribution in [1.82, 2.24) is 4.98 Å². The molecule has 7 heteroatoms.